The number of aromatic carboxylic acids is 1. The Kier molecular flexibility index (Phi) is 6.03. The predicted octanol–water partition coefficient (Wildman–Crippen LogP) is 2.74. The number of methoxy groups -OCH3 is 1. The summed E-state index contributed by atoms with van der Waals surface area (Å²) in [4.78, 5) is 23.1. The number of rotatable bonds is 7. The number of ether oxygens (including phenoxy) is 2. The fourth-order valence-electron chi connectivity index (χ4n) is 1.97. The molecule has 0 aliphatic heterocycles. The third-order valence-electron chi connectivity index (χ3n) is 3.15. The topological polar surface area (TPSA) is 84.9 Å². The maximum atomic E-state index is 11.8. The maximum Gasteiger partial charge on any atom is 0.339 e. The Bertz CT molecular complexity index is 748. The van der Waals surface area contributed by atoms with Gasteiger partial charge < -0.3 is 19.9 Å². The van der Waals surface area contributed by atoms with Crippen molar-refractivity contribution in [2.45, 2.75) is 6.54 Å². The van der Waals surface area contributed by atoms with E-state index in [2.05, 4.69) is 5.32 Å². The Balaban J connectivity index is 1.93. The van der Waals surface area contributed by atoms with E-state index in [1.807, 2.05) is 6.07 Å². The van der Waals surface area contributed by atoms with Gasteiger partial charge in [-0.2, -0.15) is 0 Å². The first-order valence-corrected chi connectivity index (χ1v) is 7.42. The van der Waals surface area contributed by atoms with Crippen LogP contribution < -0.4 is 14.8 Å². The van der Waals surface area contributed by atoms with Gasteiger partial charge in [-0.15, -0.1) is 0 Å². The largest absolute Gasteiger partial charge is 0.497 e. The first kappa shape index (κ1) is 17.6. The summed E-state index contributed by atoms with van der Waals surface area (Å²) >= 11 is 5.87. The number of nitrogens with one attached hydrogen (secondary N) is 1. The van der Waals surface area contributed by atoms with Gasteiger partial charge in [-0.1, -0.05) is 23.7 Å². The Morgan fingerprint density at radius 2 is 2.00 bits per heavy atom. The third kappa shape index (κ3) is 4.89. The van der Waals surface area contributed by atoms with Crippen LogP contribution in [-0.2, 0) is 11.3 Å². The average Bonchev–Trinajstić information content (AvgIpc) is 2.58. The van der Waals surface area contributed by atoms with Crippen LogP contribution >= 0.6 is 11.6 Å². The van der Waals surface area contributed by atoms with Crippen LogP contribution in [-0.4, -0.2) is 30.7 Å². The quantitative estimate of drug-likeness (QED) is 0.802. The van der Waals surface area contributed by atoms with Crippen LogP contribution in [0.3, 0.4) is 0 Å². The van der Waals surface area contributed by atoms with Gasteiger partial charge in [0.2, 0.25) is 0 Å². The summed E-state index contributed by atoms with van der Waals surface area (Å²) < 4.78 is 10.3. The number of hydrogen-bond donors (Lipinski definition) is 2. The molecule has 2 N–H and O–H groups in total. The van der Waals surface area contributed by atoms with Gasteiger partial charge in [-0.25, -0.2) is 4.79 Å². The lowest BCUT2D eigenvalue weighted by Crippen LogP contribution is -2.28. The molecule has 0 unspecified atom stereocenters. The molecular formula is C17H16ClNO5. The number of carboxylic acid groups (broad SMARTS) is 1. The van der Waals surface area contributed by atoms with Crippen molar-refractivity contribution in [3.05, 3.63) is 58.6 Å². The Labute approximate surface area is 144 Å². The lowest BCUT2D eigenvalue weighted by Gasteiger charge is -2.11. The van der Waals surface area contributed by atoms with Gasteiger partial charge in [0.25, 0.3) is 5.91 Å². The lowest BCUT2D eigenvalue weighted by molar-refractivity contribution is -0.123. The minimum atomic E-state index is -1.16. The molecule has 2 aromatic rings. The van der Waals surface area contributed by atoms with Crippen LogP contribution in [0.2, 0.25) is 5.02 Å². The van der Waals surface area contributed by atoms with Crippen molar-refractivity contribution in [1.82, 2.24) is 5.32 Å². The van der Waals surface area contributed by atoms with Gasteiger partial charge in [-0.3, -0.25) is 4.79 Å². The molecule has 0 fully saturated rings. The number of halogens is 1. The smallest absolute Gasteiger partial charge is 0.339 e. The van der Waals surface area contributed by atoms with Crippen LogP contribution in [0.4, 0.5) is 0 Å². The van der Waals surface area contributed by atoms with Crippen molar-refractivity contribution in [2.24, 2.45) is 0 Å². The molecule has 0 bridgehead atoms. The van der Waals surface area contributed by atoms with Crippen molar-refractivity contribution >= 4 is 23.5 Å². The summed E-state index contributed by atoms with van der Waals surface area (Å²) in [7, 11) is 1.44. The van der Waals surface area contributed by atoms with E-state index in [1.54, 1.807) is 24.3 Å². The number of carbonyl (C=O) groups is 2. The highest BCUT2D eigenvalue weighted by atomic mass is 35.5. The fourth-order valence-corrected chi connectivity index (χ4v) is 2.18. The highest BCUT2D eigenvalue weighted by molar-refractivity contribution is 6.30. The fraction of sp³-hybridized carbons (Fsp3) is 0.176. The van der Waals surface area contributed by atoms with Crippen molar-refractivity contribution in [2.75, 3.05) is 13.7 Å². The minimum Gasteiger partial charge on any atom is -0.497 e. The SMILES string of the molecule is COc1ccc(OCC(=O)NCc2cccc(Cl)c2)c(C(=O)O)c1. The molecule has 0 spiro atoms. The standard InChI is InChI=1S/C17H16ClNO5/c1-23-13-5-6-15(14(8-13)17(21)22)24-10-16(20)19-9-11-3-2-4-12(18)7-11/h2-8H,9-10H2,1H3,(H,19,20)(H,21,22). The maximum absolute atomic E-state index is 11.8. The molecule has 0 saturated carbocycles. The number of amides is 1. The molecule has 2 rings (SSSR count). The first-order chi connectivity index (χ1) is 11.5. The molecule has 2 aromatic carbocycles. The predicted molar refractivity (Wildman–Crippen MR) is 88.7 cm³/mol. The average molecular weight is 350 g/mol. The van der Waals surface area contributed by atoms with Crippen molar-refractivity contribution in [3.8, 4) is 11.5 Å². The molecule has 0 radical (unpaired) electrons. The van der Waals surface area contributed by atoms with Gasteiger partial charge >= 0.3 is 5.97 Å². The van der Waals surface area contributed by atoms with Crippen molar-refractivity contribution < 1.29 is 24.2 Å². The second kappa shape index (κ2) is 8.21. The summed E-state index contributed by atoms with van der Waals surface area (Å²) in [5.41, 5.74) is 0.781. The van der Waals surface area contributed by atoms with Crippen LogP contribution in [0.1, 0.15) is 15.9 Å². The van der Waals surface area contributed by atoms with Crippen molar-refractivity contribution in [1.29, 1.82) is 0 Å². The monoisotopic (exact) mass is 349 g/mol. The van der Waals surface area contributed by atoms with Gasteiger partial charge in [0.05, 0.1) is 7.11 Å². The van der Waals surface area contributed by atoms with E-state index >= 15 is 0 Å². The first-order valence-electron chi connectivity index (χ1n) is 7.05. The molecule has 0 saturated heterocycles. The molecule has 0 aliphatic rings. The zero-order valence-electron chi connectivity index (χ0n) is 12.9. The van der Waals surface area contributed by atoms with Crippen LogP contribution in [0.15, 0.2) is 42.5 Å². The molecule has 0 aliphatic carbocycles. The Hall–Kier alpha value is -2.73. The van der Waals surface area contributed by atoms with E-state index in [0.717, 1.165) is 5.56 Å². The summed E-state index contributed by atoms with van der Waals surface area (Å²) in [6, 6.07) is 11.5. The number of benzene rings is 2. The summed E-state index contributed by atoms with van der Waals surface area (Å²) in [5.74, 6) is -1.04. The molecule has 1 amide bonds. The van der Waals surface area contributed by atoms with Gasteiger partial charge in [0.1, 0.15) is 17.1 Å². The molecule has 7 heteroatoms. The van der Waals surface area contributed by atoms with Crippen LogP contribution in [0, 0.1) is 0 Å². The van der Waals surface area contributed by atoms with Gasteiger partial charge in [-0.05, 0) is 35.9 Å². The molecular weight excluding hydrogens is 334 g/mol. The Morgan fingerprint density at radius 1 is 1.21 bits per heavy atom. The van der Waals surface area contributed by atoms with E-state index < -0.39 is 5.97 Å². The summed E-state index contributed by atoms with van der Waals surface area (Å²) in [6.07, 6.45) is 0. The van der Waals surface area contributed by atoms with E-state index in [4.69, 9.17) is 21.1 Å². The molecule has 126 valence electrons. The molecule has 0 aromatic heterocycles. The minimum absolute atomic E-state index is 0.0722. The van der Waals surface area contributed by atoms with Gasteiger partial charge in [0, 0.05) is 11.6 Å². The molecule has 24 heavy (non-hydrogen) atoms. The summed E-state index contributed by atoms with van der Waals surface area (Å²) in [5, 5.41) is 12.4. The molecule has 0 heterocycles. The second-order valence-corrected chi connectivity index (χ2v) is 5.30. The number of carboxylic acids is 1. The summed E-state index contributed by atoms with van der Waals surface area (Å²) in [6.45, 7) is 0.00429. The second-order valence-electron chi connectivity index (χ2n) is 4.86. The van der Waals surface area contributed by atoms with Crippen molar-refractivity contribution in [3.63, 3.8) is 0 Å². The molecule has 6 nitrogen and oxygen atoms in total. The number of hydrogen-bond acceptors (Lipinski definition) is 4. The molecule has 0 atom stereocenters. The van der Waals surface area contributed by atoms with E-state index in [0.29, 0.717) is 17.3 Å². The Morgan fingerprint density at radius 3 is 2.67 bits per heavy atom. The van der Waals surface area contributed by atoms with E-state index in [1.165, 1.54) is 19.2 Å². The number of carbonyl (C=O) groups excluding carboxylic acids is 1. The zero-order valence-corrected chi connectivity index (χ0v) is 13.7. The van der Waals surface area contributed by atoms with Crippen LogP contribution in [0.5, 0.6) is 11.5 Å². The lowest BCUT2D eigenvalue weighted by atomic mass is 10.2. The third-order valence-corrected chi connectivity index (χ3v) is 3.39. The van der Waals surface area contributed by atoms with Gasteiger partial charge in [0.15, 0.2) is 6.61 Å². The van der Waals surface area contributed by atoms with E-state index in [9.17, 15) is 14.7 Å². The normalized spacial score (nSPS) is 10.1. The van der Waals surface area contributed by atoms with Crippen LogP contribution in [0.25, 0.3) is 0 Å². The highest BCUT2D eigenvalue weighted by Gasteiger charge is 2.14. The van der Waals surface area contributed by atoms with E-state index in [-0.39, 0.29) is 23.8 Å². The highest BCUT2D eigenvalue weighted by Crippen LogP contribution is 2.24. The zero-order chi connectivity index (χ0) is 17.5.